The van der Waals surface area contributed by atoms with Crippen molar-refractivity contribution in [2.75, 3.05) is 39.6 Å². The van der Waals surface area contributed by atoms with Gasteiger partial charge in [0, 0.05) is 25.7 Å². The van der Waals surface area contributed by atoms with E-state index in [1.54, 1.807) is 0 Å². The van der Waals surface area contributed by atoms with Gasteiger partial charge < -0.3 is 33.8 Å². The summed E-state index contributed by atoms with van der Waals surface area (Å²) in [6, 6.07) is 0. The third-order valence-electron chi connectivity index (χ3n) is 18.5. The highest BCUT2D eigenvalue weighted by Gasteiger charge is 2.30. The molecule has 7 atom stereocenters. The molecule has 0 aliphatic heterocycles. The molecule has 0 heterocycles. The van der Waals surface area contributed by atoms with E-state index in [0.717, 1.165) is 114 Å². The number of phosphoric acid groups is 2. The van der Waals surface area contributed by atoms with Crippen LogP contribution in [0.25, 0.3) is 0 Å². The van der Waals surface area contributed by atoms with Gasteiger partial charge in [-0.3, -0.25) is 37.3 Å². The second kappa shape index (κ2) is 66.3. The third-order valence-corrected chi connectivity index (χ3v) is 20.4. The molecule has 4 unspecified atom stereocenters. The Balaban J connectivity index is 5.23. The Morgan fingerprint density at radius 3 is 0.740 bits per heavy atom. The van der Waals surface area contributed by atoms with Crippen molar-refractivity contribution < 1.29 is 80.2 Å². The van der Waals surface area contributed by atoms with Crippen molar-refractivity contribution >= 4 is 39.5 Å². The van der Waals surface area contributed by atoms with Crippen molar-refractivity contribution in [2.24, 2.45) is 23.7 Å². The molecule has 0 aromatic heterocycles. The minimum Gasteiger partial charge on any atom is -0.462 e. The number of rotatable bonds is 74. The lowest BCUT2D eigenvalue weighted by Gasteiger charge is -2.21. The molecule has 0 saturated carbocycles. The van der Waals surface area contributed by atoms with Crippen LogP contribution in [0, 0.1) is 23.7 Å². The summed E-state index contributed by atoms with van der Waals surface area (Å²) < 4.78 is 68.6. The van der Waals surface area contributed by atoms with Gasteiger partial charge in [-0.25, -0.2) is 9.13 Å². The highest BCUT2D eigenvalue weighted by Crippen LogP contribution is 2.45. The van der Waals surface area contributed by atoms with Gasteiger partial charge in [0.15, 0.2) is 12.2 Å². The first-order valence-corrected chi connectivity index (χ1v) is 42.8. The van der Waals surface area contributed by atoms with Crippen molar-refractivity contribution in [3.63, 3.8) is 0 Å². The topological polar surface area (TPSA) is 237 Å². The Labute approximate surface area is 588 Å². The zero-order chi connectivity index (χ0) is 71.0. The van der Waals surface area contributed by atoms with E-state index in [-0.39, 0.29) is 25.7 Å². The Hall–Kier alpha value is -1.94. The number of hydrogen-bond acceptors (Lipinski definition) is 15. The predicted octanol–water partition coefficient (Wildman–Crippen LogP) is 22.4. The number of aliphatic hydroxyl groups is 1. The van der Waals surface area contributed by atoms with E-state index in [0.29, 0.717) is 31.6 Å². The molecule has 3 N–H and O–H groups in total. The first kappa shape index (κ1) is 94.1. The summed E-state index contributed by atoms with van der Waals surface area (Å²) in [5, 5.41) is 10.6. The van der Waals surface area contributed by atoms with Crippen LogP contribution in [0.4, 0.5) is 0 Å². The van der Waals surface area contributed by atoms with Crippen LogP contribution in [-0.4, -0.2) is 96.7 Å². The molecule has 570 valence electrons. The number of carbonyl (C=O) groups is 4. The lowest BCUT2D eigenvalue weighted by Crippen LogP contribution is -2.30. The van der Waals surface area contributed by atoms with E-state index in [4.69, 9.17) is 37.0 Å². The minimum atomic E-state index is -4.96. The molecule has 0 bridgehead atoms. The molecular formula is C77H150O17P2. The van der Waals surface area contributed by atoms with Crippen molar-refractivity contribution in [3.8, 4) is 0 Å². The van der Waals surface area contributed by atoms with Gasteiger partial charge in [-0.15, -0.1) is 0 Å². The van der Waals surface area contributed by atoms with E-state index in [2.05, 4.69) is 55.4 Å². The maximum Gasteiger partial charge on any atom is 0.472 e. The maximum atomic E-state index is 13.1. The van der Waals surface area contributed by atoms with E-state index < -0.39 is 97.5 Å². The van der Waals surface area contributed by atoms with Gasteiger partial charge >= 0.3 is 39.5 Å². The van der Waals surface area contributed by atoms with Crippen molar-refractivity contribution in [3.05, 3.63) is 0 Å². The average molecular weight is 1410 g/mol. The second-order valence-corrected chi connectivity index (χ2v) is 32.1. The van der Waals surface area contributed by atoms with Crippen LogP contribution in [0.3, 0.4) is 0 Å². The molecule has 19 heteroatoms. The summed E-state index contributed by atoms with van der Waals surface area (Å²) >= 11 is 0. The van der Waals surface area contributed by atoms with Gasteiger partial charge in [-0.05, 0) is 49.4 Å². The first-order valence-electron chi connectivity index (χ1n) is 39.8. The lowest BCUT2D eigenvalue weighted by atomic mass is 9.99. The van der Waals surface area contributed by atoms with Gasteiger partial charge in [0.1, 0.15) is 19.3 Å². The molecule has 0 aromatic carbocycles. The van der Waals surface area contributed by atoms with Crippen molar-refractivity contribution in [1.29, 1.82) is 0 Å². The summed E-state index contributed by atoms with van der Waals surface area (Å²) in [5.41, 5.74) is 0. The largest absolute Gasteiger partial charge is 0.472 e. The first-order chi connectivity index (χ1) is 46.2. The normalized spacial score (nSPS) is 14.7. The Kier molecular flexibility index (Phi) is 65.0. The van der Waals surface area contributed by atoms with Crippen LogP contribution >= 0.6 is 15.6 Å². The summed E-state index contributed by atoms with van der Waals surface area (Å²) in [5.74, 6) is 0.991. The smallest absolute Gasteiger partial charge is 0.462 e. The standard InChI is InChI=1S/C77H150O17P2/c1-9-69(7)55-47-39-30-24-18-13-11-12-14-19-27-33-43-51-59-77(82)94-73(64-88-75(80)58-50-42-36-35-38-46-54-68(5)6)66-92-96(85,86)90-62-71(78)61-89-95(83,84)91-65-72(63-87-74(79)57-49-41-32-26-22-21-25-31-40-48-56-70(8)10-2)93-76(81)60-52-44-34-28-20-16-15-17-23-29-37-45-53-67(3)4/h67-73,78H,9-66H2,1-8H3,(H,83,84)(H,85,86)/t69?,70?,71-,72-,73-/m1/s1. The summed E-state index contributed by atoms with van der Waals surface area (Å²) in [7, 11) is -9.92. The zero-order valence-corrected chi connectivity index (χ0v) is 64.8. The Morgan fingerprint density at radius 2 is 0.500 bits per heavy atom. The Bertz CT molecular complexity index is 1890. The molecule has 96 heavy (non-hydrogen) atoms. The second-order valence-electron chi connectivity index (χ2n) is 29.2. The number of unbranched alkanes of at least 4 members (excludes halogenated alkanes) is 38. The lowest BCUT2D eigenvalue weighted by molar-refractivity contribution is -0.161. The molecule has 0 aliphatic carbocycles. The summed E-state index contributed by atoms with van der Waals surface area (Å²) in [6.07, 6.45) is 51.3. The molecule has 17 nitrogen and oxygen atoms in total. The molecule has 0 radical (unpaired) electrons. The minimum absolute atomic E-state index is 0.106. The van der Waals surface area contributed by atoms with Crippen LogP contribution < -0.4 is 0 Å². The summed E-state index contributed by atoms with van der Waals surface area (Å²) in [4.78, 5) is 72.8. The van der Waals surface area contributed by atoms with E-state index in [1.165, 1.54) is 186 Å². The molecule has 0 saturated heterocycles. The number of phosphoric ester groups is 2. The van der Waals surface area contributed by atoms with Crippen LogP contribution in [0.15, 0.2) is 0 Å². The van der Waals surface area contributed by atoms with Gasteiger partial charge in [-0.2, -0.15) is 0 Å². The van der Waals surface area contributed by atoms with Crippen LogP contribution in [0.2, 0.25) is 0 Å². The van der Waals surface area contributed by atoms with Crippen molar-refractivity contribution in [1.82, 2.24) is 0 Å². The fourth-order valence-corrected chi connectivity index (χ4v) is 13.2. The number of aliphatic hydroxyl groups excluding tert-OH is 1. The molecule has 0 aliphatic rings. The third kappa shape index (κ3) is 67.9. The number of hydrogen-bond donors (Lipinski definition) is 3. The highest BCUT2D eigenvalue weighted by atomic mass is 31.2. The van der Waals surface area contributed by atoms with Crippen LogP contribution in [0.1, 0.15) is 389 Å². The van der Waals surface area contributed by atoms with Crippen LogP contribution in [-0.2, 0) is 65.4 Å². The maximum absolute atomic E-state index is 13.1. The molecule has 0 amide bonds. The summed E-state index contributed by atoms with van der Waals surface area (Å²) in [6.45, 7) is 14.2. The predicted molar refractivity (Wildman–Crippen MR) is 391 cm³/mol. The number of ether oxygens (including phenoxy) is 4. The zero-order valence-electron chi connectivity index (χ0n) is 63.0. The molecular weight excluding hydrogens is 1260 g/mol. The van der Waals surface area contributed by atoms with Crippen LogP contribution in [0.5, 0.6) is 0 Å². The monoisotopic (exact) mass is 1410 g/mol. The van der Waals surface area contributed by atoms with E-state index in [9.17, 15) is 43.2 Å². The van der Waals surface area contributed by atoms with E-state index >= 15 is 0 Å². The number of carbonyl (C=O) groups excluding carboxylic acids is 4. The number of esters is 4. The fraction of sp³-hybridized carbons (Fsp3) is 0.948. The Morgan fingerprint density at radius 1 is 0.292 bits per heavy atom. The molecule has 0 rings (SSSR count). The van der Waals surface area contributed by atoms with Gasteiger partial charge in [0.05, 0.1) is 26.4 Å². The van der Waals surface area contributed by atoms with Crippen molar-refractivity contribution in [2.45, 2.75) is 408 Å². The fourth-order valence-electron chi connectivity index (χ4n) is 11.7. The van der Waals surface area contributed by atoms with Gasteiger partial charge in [0.2, 0.25) is 0 Å². The van der Waals surface area contributed by atoms with Gasteiger partial charge in [-0.1, -0.05) is 338 Å². The SMILES string of the molecule is CCC(C)CCCCCCCCCCCCCCCCC(=O)O[C@H](COC(=O)CCCCCCCCC(C)C)COP(=O)(O)OC[C@H](O)COP(=O)(O)OC[C@@H](COC(=O)CCCCCCCCCCCCC(C)CC)OC(=O)CCCCCCCCCCCCCCC(C)C. The highest BCUT2D eigenvalue weighted by molar-refractivity contribution is 7.47. The quantitative estimate of drug-likeness (QED) is 0.0222. The molecule has 0 aromatic rings. The molecule has 0 spiro atoms. The average Bonchev–Trinajstić information content (AvgIpc) is 1.60. The molecule has 0 fully saturated rings. The van der Waals surface area contributed by atoms with Gasteiger partial charge in [0.25, 0.3) is 0 Å². The van der Waals surface area contributed by atoms with E-state index in [1.807, 2.05) is 0 Å².